The molecule has 3 aromatic carbocycles. The van der Waals surface area contributed by atoms with Crippen LogP contribution in [0.5, 0.6) is 0 Å². The van der Waals surface area contributed by atoms with E-state index in [0.29, 0.717) is 26.8 Å². The zero-order valence-electron chi connectivity index (χ0n) is 16.2. The maximum absolute atomic E-state index is 13.3. The van der Waals surface area contributed by atoms with Crippen molar-refractivity contribution < 1.29 is 4.79 Å². The molecule has 0 saturated heterocycles. The summed E-state index contributed by atoms with van der Waals surface area (Å²) in [4.78, 5) is 32.2. The Kier molecular flexibility index (Phi) is 5.88. The Morgan fingerprint density at radius 1 is 1.03 bits per heavy atom. The lowest BCUT2D eigenvalue weighted by molar-refractivity contribution is -0.115. The van der Waals surface area contributed by atoms with E-state index < -0.39 is 0 Å². The maximum Gasteiger partial charge on any atom is 0.266 e. The summed E-state index contributed by atoms with van der Waals surface area (Å²) in [5, 5.41) is 1.36. The van der Waals surface area contributed by atoms with Crippen molar-refractivity contribution in [3.63, 3.8) is 0 Å². The second kappa shape index (κ2) is 8.73. The SMILES string of the molecule is CN(C(=O)CSc1nc2ccc(Cl)cc2c(=O)n1-c1ccccc1)c1ccccc1. The number of amides is 1. The van der Waals surface area contributed by atoms with E-state index in [0.717, 1.165) is 5.69 Å². The predicted molar refractivity (Wildman–Crippen MR) is 123 cm³/mol. The molecule has 0 aliphatic rings. The fourth-order valence-electron chi connectivity index (χ4n) is 3.06. The van der Waals surface area contributed by atoms with Gasteiger partial charge in [-0.05, 0) is 42.5 Å². The standard InChI is InChI=1S/C23H18ClN3O2S/c1-26(17-8-4-2-5-9-17)21(28)15-30-23-25-20-13-12-16(24)14-19(20)22(29)27(23)18-10-6-3-7-11-18/h2-14H,15H2,1H3. The summed E-state index contributed by atoms with van der Waals surface area (Å²) in [5.74, 6) is 0.0558. The van der Waals surface area contributed by atoms with Crippen LogP contribution in [0.15, 0.2) is 88.8 Å². The van der Waals surface area contributed by atoms with Crippen LogP contribution in [0, 0.1) is 0 Å². The van der Waals surface area contributed by atoms with E-state index in [9.17, 15) is 9.59 Å². The second-order valence-electron chi connectivity index (χ2n) is 6.61. The average molecular weight is 436 g/mol. The summed E-state index contributed by atoms with van der Waals surface area (Å²) in [6.07, 6.45) is 0. The Morgan fingerprint density at radius 3 is 2.40 bits per heavy atom. The first-order valence-electron chi connectivity index (χ1n) is 9.27. The van der Waals surface area contributed by atoms with Gasteiger partial charge < -0.3 is 4.90 Å². The fraction of sp³-hybridized carbons (Fsp3) is 0.0870. The molecule has 1 heterocycles. The van der Waals surface area contributed by atoms with Gasteiger partial charge in [-0.25, -0.2) is 4.98 Å². The minimum Gasteiger partial charge on any atom is -0.315 e. The maximum atomic E-state index is 13.3. The quantitative estimate of drug-likeness (QED) is 0.334. The average Bonchev–Trinajstić information content (AvgIpc) is 2.78. The highest BCUT2D eigenvalue weighted by molar-refractivity contribution is 7.99. The Bertz CT molecular complexity index is 1260. The molecule has 150 valence electrons. The number of carbonyl (C=O) groups is 1. The second-order valence-corrected chi connectivity index (χ2v) is 7.99. The van der Waals surface area contributed by atoms with Gasteiger partial charge in [0, 0.05) is 17.8 Å². The summed E-state index contributed by atoms with van der Waals surface area (Å²) in [6.45, 7) is 0. The molecule has 4 rings (SSSR count). The van der Waals surface area contributed by atoms with Crippen molar-refractivity contribution in [3.05, 3.63) is 94.2 Å². The first-order valence-corrected chi connectivity index (χ1v) is 10.6. The van der Waals surface area contributed by atoms with Gasteiger partial charge in [-0.15, -0.1) is 0 Å². The molecule has 4 aromatic rings. The molecule has 1 aromatic heterocycles. The number of aromatic nitrogens is 2. The summed E-state index contributed by atoms with van der Waals surface area (Å²) in [6, 6.07) is 23.7. The zero-order valence-corrected chi connectivity index (χ0v) is 17.7. The van der Waals surface area contributed by atoms with Gasteiger partial charge in [0.25, 0.3) is 5.56 Å². The van der Waals surface area contributed by atoms with Gasteiger partial charge in [0.2, 0.25) is 5.91 Å². The number of para-hydroxylation sites is 2. The number of nitrogens with zero attached hydrogens (tertiary/aromatic N) is 3. The van der Waals surface area contributed by atoms with Crippen LogP contribution >= 0.6 is 23.4 Å². The molecular weight excluding hydrogens is 418 g/mol. The number of halogens is 1. The lowest BCUT2D eigenvalue weighted by Gasteiger charge is -2.18. The van der Waals surface area contributed by atoms with Crippen LogP contribution < -0.4 is 10.5 Å². The number of fused-ring (bicyclic) bond motifs is 1. The van der Waals surface area contributed by atoms with Crippen LogP contribution in [0.25, 0.3) is 16.6 Å². The van der Waals surface area contributed by atoms with E-state index in [4.69, 9.17) is 11.6 Å². The van der Waals surface area contributed by atoms with Gasteiger partial charge in [0.1, 0.15) is 0 Å². The van der Waals surface area contributed by atoms with Gasteiger partial charge in [-0.2, -0.15) is 0 Å². The smallest absolute Gasteiger partial charge is 0.266 e. The number of thioether (sulfide) groups is 1. The molecule has 0 radical (unpaired) electrons. The van der Waals surface area contributed by atoms with Crippen LogP contribution in [-0.2, 0) is 4.79 Å². The van der Waals surface area contributed by atoms with Crippen LogP contribution in [0.1, 0.15) is 0 Å². The molecule has 0 fully saturated rings. The molecule has 0 aliphatic heterocycles. The molecule has 0 unspecified atom stereocenters. The van der Waals surface area contributed by atoms with Gasteiger partial charge in [0.05, 0.1) is 22.3 Å². The highest BCUT2D eigenvalue weighted by atomic mass is 35.5. The zero-order chi connectivity index (χ0) is 21.1. The third-order valence-corrected chi connectivity index (χ3v) is 5.81. The number of hydrogen-bond donors (Lipinski definition) is 0. The number of carbonyl (C=O) groups excluding carboxylic acids is 1. The normalized spacial score (nSPS) is 10.9. The number of hydrogen-bond acceptors (Lipinski definition) is 4. The van der Waals surface area contributed by atoms with E-state index in [2.05, 4.69) is 4.98 Å². The van der Waals surface area contributed by atoms with E-state index in [1.54, 1.807) is 30.1 Å². The van der Waals surface area contributed by atoms with Crippen molar-refractivity contribution in [2.45, 2.75) is 5.16 Å². The molecule has 0 N–H and O–H groups in total. The Hall–Kier alpha value is -3.09. The van der Waals surface area contributed by atoms with E-state index >= 15 is 0 Å². The molecule has 7 heteroatoms. The predicted octanol–water partition coefficient (Wildman–Crippen LogP) is 4.79. The summed E-state index contributed by atoms with van der Waals surface area (Å²) in [7, 11) is 1.73. The molecule has 5 nitrogen and oxygen atoms in total. The highest BCUT2D eigenvalue weighted by Gasteiger charge is 2.17. The van der Waals surface area contributed by atoms with Crippen LogP contribution in [0.4, 0.5) is 5.69 Å². The van der Waals surface area contributed by atoms with Crippen molar-refractivity contribution in [1.82, 2.24) is 9.55 Å². The lowest BCUT2D eigenvalue weighted by Crippen LogP contribution is -2.28. The molecule has 0 aliphatic carbocycles. The number of anilines is 1. The minimum atomic E-state index is -0.222. The fourth-order valence-corrected chi connectivity index (χ4v) is 4.16. The van der Waals surface area contributed by atoms with Crippen molar-refractivity contribution in [1.29, 1.82) is 0 Å². The molecule has 1 amide bonds. The minimum absolute atomic E-state index is 0.0868. The Morgan fingerprint density at radius 2 is 1.70 bits per heavy atom. The monoisotopic (exact) mass is 435 g/mol. The summed E-state index contributed by atoms with van der Waals surface area (Å²) < 4.78 is 1.53. The highest BCUT2D eigenvalue weighted by Crippen LogP contribution is 2.24. The van der Waals surface area contributed by atoms with Gasteiger partial charge in [-0.1, -0.05) is 59.8 Å². The van der Waals surface area contributed by atoms with Crippen molar-refractivity contribution >= 4 is 45.9 Å². The first kappa shape index (κ1) is 20.2. The molecule has 0 atom stereocenters. The summed E-state index contributed by atoms with van der Waals surface area (Å²) in [5.41, 5.74) is 1.82. The topological polar surface area (TPSA) is 55.2 Å². The van der Waals surface area contributed by atoms with Crippen LogP contribution in [0.3, 0.4) is 0 Å². The van der Waals surface area contributed by atoms with Crippen molar-refractivity contribution in [3.8, 4) is 5.69 Å². The largest absolute Gasteiger partial charge is 0.315 e. The van der Waals surface area contributed by atoms with Gasteiger partial charge >= 0.3 is 0 Å². The molecule has 0 spiro atoms. The van der Waals surface area contributed by atoms with Crippen LogP contribution in [0.2, 0.25) is 5.02 Å². The third-order valence-electron chi connectivity index (χ3n) is 4.66. The molecule has 30 heavy (non-hydrogen) atoms. The molecule has 0 bridgehead atoms. The molecular formula is C23H18ClN3O2S. The summed E-state index contributed by atoms with van der Waals surface area (Å²) >= 11 is 7.33. The van der Waals surface area contributed by atoms with Gasteiger partial charge in [0.15, 0.2) is 5.16 Å². The van der Waals surface area contributed by atoms with Crippen LogP contribution in [-0.4, -0.2) is 28.3 Å². The van der Waals surface area contributed by atoms with Crippen molar-refractivity contribution in [2.24, 2.45) is 0 Å². The molecule has 0 saturated carbocycles. The Balaban J connectivity index is 1.72. The lowest BCUT2D eigenvalue weighted by atomic mass is 10.2. The van der Waals surface area contributed by atoms with Crippen molar-refractivity contribution in [2.75, 3.05) is 17.7 Å². The third kappa shape index (κ3) is 4.10. The van der Waals surface area contributed by atoms with E-state index in [1.807, 2.05) is 60.7 Å². The Labute approximate surface area is 182 Å². The number of benzene rings is 3. The van der Waals surface area contributed by atoms with E-state index in [-0.39, 0.29) is 17.2 Å². The first-order chi connectivity index (χ1) is 14.5. The van der Waals surface area contributed by atoms with E-state index in [1.165, 1.54) is 16.3 Å². The number of rotatable bonds is 5. The van der Waals surface area contributed by atoms with Gasteiger partial charge in [-0.3, -0.25) is 14.2 Å².